The molecule has 0 spiro atoms. The van der Waals surface area contributed by atoms with Gasteiger partial charge in [0.15, 0.2) is 0 Å². The number of benzene rings is 1. The highest BCUT2D eigenvalue weighted by atomic mass is 35.5. The van der Waals surface area contributed by atoms with E-state index in [1.165, 1.54) is 12.4 Å². The molecule has 0 aliphatic carbocycles. The summed E-state index contributed by atoms with van der Waals surface area (Å²) in [7, 11) is 0. The van der Waals surface area contributed by atoms with Crippen molar-refractivity contribution in [2.45, 2.75) is 0 Å². The average molecular weight is 425 g/mol. The summed E-state index contributed by atoms with van der Waals surface area (Å²) >= 11 is 12.3. The van der Waals surface area contributed by atoms with E-state index in [0.717, 1.165) is 11.2 Å². The van der Waals surface area contributed by atoms with Crippen molar-refractivity contribution in [3.63, 3.8) is 0 Å². The number of hydrogen-bond donors (Lipinski definition) is 2. The first-order chi connectivity index (χ1) is 14.1. The van der Waals surface area contributed by atoms with Gasteiger partial charge in [-0.1, -0.05) is 23.2 Å². The van der Waals surface area contributed by atoms with Crippen molar-refractivity contribution in [2.24, 2.45) is 0 Å². The van der Waals surface area contributed by atoms with E-state index in [1.54, 1.807) is 18.3 Å². The van der Waals surface area contributed by atoms with Crippen molar-refractivity contribution in [1.82, 2.24) is 24.3 Å². The molecule has 0 atom stereocenters. The largest absolute Gasteiger partial charge is 0.354 e. The Morgan fingerprint density at radius 1 is 1.03 bits per heavy atom. The minimum Gasteiger partial charge on any atom is -0.354 e. The predicted molar refractivity (Wildman–Crippen MR) is 112 cm³/mol. The van der Waals surface area contributed by atoms with Gasteiger partial charge in [0.2, 0.25) is 11.9 Å². The molecule has 0 saturated carbocycles. The Kier molecular flexibility index (Phi) is 5.42. The van der Waals surface area contributed by atoms with Gasteiger partial charge < -0.3 is 10.6 Å². The second-order valence-electron chi connectivity index (χ2n) is 6.01. The van der Waals surface area contributed by atoms with Gasteiger partial charge in [0.1, 0.15) is 11.7 Å². The molecular formula is C19H14Cl2N8. The zero-order chi connectivity index (χ0) is 20.2. The molecule has 4 aromatic rings. The van der Waals surface area contributed by atoms with Gasteiger partial charge in [0.25, 0.3) is 0 Å². The molecular weight excluding hydrogens is 411 g/mol. The Hall–Kier alpha value is -3.41. The van der Waals surface area contributed by atoms with E-state index >= 15 is 0 Å². The molecule has 3 heterocycles. The van der Waals surface area contributed by atoms with E-state index in [1.807, 2.05) is 28.8 Å². The van der Waals surface area contributed by atoms with Crippen molar-refractivity contribution >= 4 is 40.7 Å². The summed E-state index contributed by atoms with van der Waals surface area (Å²) in [6.45, 7) is 1.11. The van der Waals surface area contributed by atoms with Crippen molar-refractivity contribution in [2.75, 3.05) is 23.7 Å². The lowest BCUT2D eigenvalue weighted by Gasteiger charge is -2.12. The van der Waals surface area contributed by atoms with Gasteiger partial charge in [-0.3, -0.25) is 4.40 Å². The topological polar surface area (TPSA) is 104 Å². The molecule has 10 heteroatoms. The summed E-state index contributed by atoms with van der Waals surface area (Å²) in [6, 6.07) is 9.14. The highest BCUT2D eigenvalue weighted by Crippen LogP contribution is 2.30. The van der Waals surface area contributed by atoms with Gasteiger partial charge in [-0.25, -0.2) is 19.9 Å². The SMILES string of the molecule is N#Cc1cnc(NCCNc2nc(-c3ccc(Cl)cc3Cl)cc3nccn23)nc1. The third kappa shape index (κ3) is 4.21. The summed E-state index contributed by atoms with van der Waals surface area (Å²) in [6.07, 6.45) is 6.48. The Morgan fingerprint density at radius 3 is 2.59 bits per heavy atom. The fourth-order valence-corrected chi connectivity index (χ4v) is 3.21. The van der Waals surface area contributed by atoms with Crippen molar-refractivity contribution < 1.29 is 0 Å². The number of imidazole rings is 1. The van der Waals surface area contributed by atoms with Crippen LogP contribution in [0.25, 0.3) is 16.9 Å². The van der Waals surface area contributed by atoms with Crippen LogP contribution in [-0.2, 0) is 0 Å². The van der Waals surface area contributed by atoms with Gasteiger partial charge in [0.05, 0.1) is 28.7 Å². The van der Waals surface area contributed by atoms with Crippen LogP contribution in [0, 0.1) is 11.3 Å². The van der Waals surface area contributed by atoms with Crippen molar-refractivity contribution in [1.29, 1.82) is 5.26 Å². The van der Waals surface area contributed by atoms with Crippen LogP contribution in [0.2, 0.25) is 10.0 Å². The highest BCUT2D eigenvalue weighted by Gasteiger charge is 2.11. The number of halogens is 2. The van der Waals surface area contributed by atoms with E-state index in [-0.39, 0.29) is 0 Å². The van der Waals surface area contributed by atoms with E-state index < -0.39 is 0 Å². The van der Waals surface area contributed by atoms with E-state index in [9.17, 15) is 0 Å². The first kappa shape index (κ1) is 18.9. The van der Waals surface area contributed by atoms with Gasteiger partial charge in [-0.15, -0.1) is 0 Å². The maximum atomic E-state index is 8.78. The number of hydrogen-bond acceptors (Lipinski definition) is 7. The first-order valence-electron chi connectivity index (χ1n) is 8.63. The number of anilines is 2. The van der Waals surface area contributed by atoms with Crippen LogP contribution in [0.15, 0.2) is 49.1 Å². The van der Waals surface area contributed by atoms with Crippen LogP contribution in [0.1, 0.15) is 5.56 Å². The Labute approximate surface area is 176 Å². The summed E-state index contributed by atoms with van der Waals surface area (Å²) in [5.74, 6) is 1.08. The van der Waals surface area contributed by atoms with Crippen molar-refractivity contribution in [3.8, 4) is 17.3 Å². The molecule has 0 amide bonds. The molecule has 4 rings (SSSR count). The molecule has 144 valence electrons. The smallest absolute Gasteiger partial charge is 0.222 e. The second-order valence-corrected chi connectivity index (χ2v) is 6.85. The molecule has 29 heavy (non-hydrogen) atoms. The van der Waals surface area contributed by atoms with E-state index in [2.05, 4.69) is 25.6 Å². The van der Waals surface area contributed by atoms with E-state index in [4.69, 9.17) is 33.4 Å². The standard InChI is InChI=1S/C19H14Cl2N8/c20-13-1-2-14(15(21)7-13)16-8-17-23-5-6-29(17)19(28-16)25-4-3-24-18-26-10-12(9-22)11-27-18/h1-2,5-8,10-11H,3-4H2,(H,25,28)(H,24,26,27). The van der Waals surface area contributed by atoms with Crippen LogP contribution < -0.4 is 10.6 Å². The number of nitrogens with one attached hydrogen (secondary N) is 2. The monoisotopic (exact) mass is 424 g/mol. The third-order valence-corrected chi connectivity index (χ3v) is 4.62. The molecule has 3 aromatic heterocycles. The lowest BCUT2D eigenvalue weighted by Crippen LogP contribution is -2.17. The number of fused-ring (bicyclic) bond motifs is 1. The third-order valence-electron chi connectivity index (χ3n) is 4.07. The van der Waals surface area contributed by atoms with Gasteiger partial charge in [-0.05, 0) is 18.2 Å². The minimum absolute atomic E-state index is 0.415. The Balaban J connectivity index is 1.50. The normalized spacial score (nSPS) is 10.7. The van der Waals surface area contributed by atoms with Gasteiger partial charge >= 0.3 is 0 Å². The number of rotatable bonds is 6. The van der Waals surface area contributed by atoms with Crippen LogP contribution in [-0.4, -0.2) is 37.4 Å². The fraction of sp³-hybridized carbons (Fsp3) is 0.105. The Bertz CT molecular complexity index is 1200. The summed E-state index contributed by atoms with van der Waals surface area (Å²) in [5.41, 5.74) is 2.62. The van der Waals surface area contributed by atoms with Crippen molar-refractivity contribution in [3.05, 3.63) is 64.7 Å². The summed E-state index contributed by atoms with van der Waals surface area (Å²) in [4.78, 5) is 17.2. The molecule has 0 radical (unpaired) electrons. The molecule has 0 bridgehead atoms. The van der Waals surface area contributed by atoms with Crippen LogP contribution in [0.5, 0.6) is 0 Å². The average Bonchev–Trinajstić information content (AvgIpc) is 3.20. The Morgan fingerprint density at radius 2 is 1.83 bits per heavy atom. The zero-order valence-corrected chi connectivity index (χ0v) is 16.5. The summed E-state index contributed by atoms with van der Waals surface area (Å²) in [5, 5.41) is 16.2. The quantitative estimate of drug-likeness (QED) is 0.452. The molecule has 0 fully saturated rings. The minimum atomic E-state index is 0.415. The maximum Gasteiger partial charge on any atom is 0.222 e. The molecule has 0 unspecified atom stereocenters. The first-order valence-corrected chi connectivity index (χ1v) is 9.39. The van der Waals surface area contributed by atoms with Gasteiger partial charge in [-0.2, -0.15) is 5.26 Å². The summed E-state index contributed by atoms with van der Waals surface area (Å²) < 4.78 is 1.85. The van der Waals surface area contributed by atoms with Gasteiger partial charge in [0, 0.05) is 42.1 Å². The molecule has 0 aliphatic heterocycles. The maximum absolute atomic E-state index is 8.78. The van der Waals surface area contributed by atoms with E-state index in [0.29, 0.717) is 46.3 Å². The molecule has 0 aliphatic rings. The lowest BCUT2D eigenvalue weighted by atomic mass is 10.1. The second kappa shape index (κ2) is 8.31. The zero-order valence-electron chi connectivity index (χ0n) is 15.0. The number of aromatic nitrogens is 5. The highest BCUT2D eigenvalue weighted by molar-refractivity contribution is 6.36. The lowest BCUT2D eigenvalue weighted by molar-refractivity contribution is 0.981. The molecule has 2 N–H and O–H groups in total. The predicted octanol–water partition coefficient (Wildman–Crippen LogP) is 3.89. The van der Waals surface area contributed by atoms with Crippen LogP contribution >= 0.6 is 23.2 Å². The molecule has 1 aromatic carbocycles. The number of nitrogens with zero attached hydrogens (tertiary/aromatic N) is 6. The van der Waals surface area contributed by atoms with Crippen LogP contribution in [0.3, 0.4) is 0 Å². The number of nitriles is 1. The fourth-order valence-electron chi connectivity index (χ4n) is 2.71. The molecule has 0 saturated heterocycles. The van der Waals surface area contributed by atoms with Crippen LogP contribution in [0.4, 0.5) is 11.9 Å². The molecule has 8 nitrogen and oxygen atoms in total.